The molecule has 0 saturated heterocycles. The van der Waals surface area contributed by atoms with E-state index < -0.39 is 47.9 Å². The summed E-state index contributed by atoms with van der Waals surface area (Å²) >= 11 is 6.47. The monoisotopic (exact) mass is 628 g/mol. The zero-order chi connectivity index (χ0) is 33.0. The maximum absolute atomic E-state index is 14.4. The van der Waals surface area contributed by atoms with E-state index in [-0.39, 0.29) is 6.54 Å². The number of anilines is 1. The van der Waals surface area contributed by atoms with Crippen LogP contribution in [0.2, 0.25) is 5.02 Å². The van der Waals surface area contributed by atoms with Gasteiger partial charge in [-0.3, -0.25) is 14.4 Å². The summed E-state index contributed by atoms with van der Waals surface area (Å²) in [5.41, 5.74) is 8.33. The number of aryl methyl sites for hydroxylation is 3. The molecule has 0 heterocycles. The van der Waals surface area contributed by atoms with E-state index >= 15 is 0 Å². The molecule has 2 unspecified atom stereocenters. The average Bonchev–Trinajstić information content (AvgIpc) is 2.89. The van der Waals surface area contributed by atoms with E-state index in [0.29, 0.717) is 22.7 Å². The largest absolute Gasteiger partial charge is 0.444 e. The molecule has 0 aliphatic heterocycles. The Balaban J connectivity index is 2.61. The first-order chi connectivity index (χ1) is 20.6. The molecule has 0 aliphatic carbocycles. The van der Waals surface area contributed by atoms with Gasteiger partial charge in [-0.2, -0.15) is 0 Å². The molecule has 4 amide bonds. The molecule has 0 aliphatic rings. The van der Waals surface area contributed by atoms with Gasteiger partial charge in [0.1, 0.15) is 17.7 Å². The van der Waals surface area contributed by atoms with Gasteiger partial charge in [0.05, 0.1) is 17.1 Å². The summed E-state index contributed by atoms with van der Waals surface area (Å²) in [5, 5.41) is 5.85. The number of nitrogens with zero attached hydrogens (tertiary/aromatic N) is 1. The second-order valence-electron chi connectivity index (χ2n) is 12.4. The van der Waals surface area contributed by atoms with Gasteiger partial charge in [0.15, 0.2) is 0 Å². The van der Waals surface area contributed by atoms with Crippen LogP contribution >= 0.6 is 11.6 Å². The Hall–Kier alpha value is -3.59. The lowest BCUT2D eigenvalue weighted by molar-refractivity contribution is -0.142. The van der Waals surface area contributed by atoms with Crippen LogP contribution in [0.25, 0.3) is 0 Å². The minimum atomic E-state index is -1.34. The van der Waals surface area contributed by atoms with Crippen molar-refractivity contribution in [1.82, 2.24) is 10.2 Å². The van der Waals surface area contributed by atoms with Crippen LogP contribution < -0.4 is 16.4 Å². The Labute approximate surface area is 267 Å². The van der Waals surface area contributed by atoms with Crippen LogP contribution in [0.1, 0.15) is 101 Å². The van der Waals surface area contributed by atoms with Gasteiger partial charge in [-0.05, 0) is 65.2 Å². The van der Waals surface area contributed by atoms with Crippen LogP contribution in [-0.2, 0) is 19.1 Å². The van der Waals surface area contributed by atoms with E-state index in [1.807, 2.05) is 45.0 Å². The van der Waals surface area contributed by atoms with Crippen molar-refractivity contribution in [3.8, 4) is 0 Å². The van der Waals surface area contributed by atoms with E-state index in [1.54, 1.807) is 32.9 Å². The van der Waals surface area contributed by atoms with Gasteiger partial charge in [-0.1, -0.05) is 92.1 Å². The third-order valence-electron chi connectivity index (χ3n) is 7.02. The van der Waals surface area contributed by atoms with Crippen molar-refractivity contribution in [2.75, 3.05) is 11.9 Å². The lowest BCUT2D eigenvalue weighted by Crippen LogP contribution is -2.53. The van der Waals surface area contributed by atoms with Crippen molar-refractivity contribution >= 4 is 41.1 Å². The van der Waals surface area contributed by atoms with Crippen molar-refractivity contribution in [3.63, 3.8) is 0 Å². The molecule has 0 aromatic heterocycles. The molecule has 0 saturated carbocycles. The summed E-state index contributed by atoms with van der Waals surface area (Å²) in [7, 11) is 0. The normalized spacial score (nSPS) is 12.6. The first kappa shape index (κ1) is 36.6. The molecular weight excluding hydrogens is 580 g/mol. The van der Waals surface area contributed by atoms with Crippen molar-refractivity contribution in [1.29, 1.82) is 0 Å². The topological polar surface area (TPSA) is 131 Å². The van der Waals surface area contributed by atoms with Crippen molar-refractivity contribution < 1.29 is 23.9 Å². The van der Waals surface area contributed by atoms with Crippen LogP contribution in [0.15, 0.2) is 36.4 Å². The number of amides is 4. The number of rotatable bonds is 15. The highest BCUT2D eigenvalue weighted by molar-refractivity contribution is 6.34. The number of carbonyl (C=O) groups excluding carboxylic acids is 4. The highest BCUT2D eigenvalue weighted by Gasteiger charge is 2.37. The van der Waals surface area contributed by atoms with E-state index in [4.69, 9.17) is 22.1 Å². The number of nitrogens with two attached hydrogens (primary N) is 1. The Kier molecular flexibility index (Phi) is 14.2. The summed E-state index contributed by atoms with van der Waals surface area (Å²) in [5.74, 6) is -1.86. The van der Waals surface area contributed by atoms with Gasteiger partial charge >= 0.3 is 6.09 Å². The maximum Gasteiger partial charge on any atom is 0.408 e. The minimum absolute atomic E-state index is 0.211. The zero-order valence-electron chi connectivity index (χ0n) is 27.2. The van der Waals surface area contributed by atoms with E-state index in [0.717, 1.165) is 48.8 Å². The number of primary amides is 1. The fourth-order valence-electron chi connectivity index (χ4n) is 5.10. The second kappa shape index (κ2) is 17.0. The van der Waals surface area contributed by atoms with Crippen LogP contribution in [0.3, 0.4) is 0 Å². The molecule has 2 aromatic carbocycles. The lowest BCUT2D eigenvalue weighted by Gasteiger charge is -2.35. The zero-order valence-corrected chi connectivity index (χ0v) is 28.0. The molecule has 2 atom stereocenters. The number of ether oxygens (including phenoxy) is 1. The summed E-state index contributed by atoms with van der Waals surface area (Å²) < 4.78 is 5.38. The van der Waals surface area contributed by atoms with E-state index in [1.165, 1.54) is 4.90 Å². The number of hydrogen-bond acceptors (Lipinski definition) is 5. The third kappa shape index (κ3) is 11.8. The van der Waals surface area contributed by atoms with Gasteiger partial charge in [-0.25, -0.2) is 4.79 Å². The maximum atomic E-state index is 14.4. The lowest BCUT2D eigenvalue weighted by atomic mass is 9.97. The first-order valence-electron chi connectivity index (χ1n) is 15.4. The molecule has 2 aromatic rings. The molecule has 2 rings (SSSR count). The highest BCUT2D eigenvalue weighted by Crippen LogP contribution is 2.31. The van der Waals surface area contributed by atoms with Gasteiger partial charge in [-0.15, -0.1) is 0 Å². The van der Waals surface area contributed by atoms with Crippen LogP contribution in [0.4, 0.5) is 10.5 Å². The van der Waals surface area contributed by atoms with Crippen molar-refractivity contribution in [2.45, 2.75) is 111 Å². The van der Waals surface area contributed by atoms with Gasteiger partial charge < -0.3 is 26.0 Å². The summed E-state index contributed by atoms with van der Waals surface area (Å²) in [6.07, 6.45) is 4.41. The molecule has 10 heteroatoms. The van der Waals surface area contributed by atoms with Crippen LogP contribution in [0, 0.1) is 20.8 Å². The molecule has 242 valence electrons. The van der Waals surface area contributed by atoms with Crippen molar-refractivity contribution in [3.05, 3.63) is 63.7 Å². The molecule has 9 nitrogen and oxygen atoms in total. The van der Waals surface area contributed by atoms with E-state index in [2.05, 4.69) is 17.6 Å². The minimum Gasteiger partial charge on any atom is -0.444 e. The molecule has 4 N–H and O–H groups in total. The van der Waals surface area contributed by atoms with Crippen LogP contribution in [-0.4, -0.2) is 46.9 Å². The molecule has 44 heavy (non-hydrogen) atoms. The first-order valence-corrected chi connectivity index (χ1v) is 15.7. The number of hydrogen-bond donors (Lipinski definition) is 3. The standard InChI is InChI=1S/C34H49ClN4O5/c1-8-9-10-11-12-13-17-39(32(42)27(21-28(36)40)37-33(43)44-34(5,6)7)30(25-19-22(2)18-23(3)20-25)31(41)38-29-24(4)15-14-16-26(29)35/h14-16,18-20,27,30H,8-13,17,21H2,1-7H3,(H2,36,40)(H,37,43)(H,38,41). The fraction of sp³-hybridized carbons (Fsp3) is 0.529. The highest BCUT2D eigenvalue weighted by atomic mass is 35.5. The van der Waals surface area contributed by atoms with Crippen LogP contribution in [0.5, 0.6) is 0 Å². The van der Waals surface area contributed by atoms with E-state index in [9.17, 15) is 19.2 Å². The molecule has 0 bridgehead atoms. The van der Waals surface area contributed by atoms with Gasteiger partial charge in [0, 0.05) is 6.54 Å². The number of nitrogens with one attached hydrogen (secondary N) is 2. The molecular formula is C34H49ClN4O5. The molecule has 0 radical (unpaired) electrons. The number of halogens is 1. The summed E-state index contributed by atoms with van der Waals surface area (Å²) in [4.78, 5) is 54.9. The second-order valence-corrected chi connectivity index (χ2v) is 12.8. The Bertz CT molecular complexity index is 1270. The number of unbranched alkanes of at least 4 members (excludes halogenated alkanes) is 5. The predicted octanol–water partition coefficient (Wildman–Crippen LogP) is 6.90. The van der Waals surface area contributed by atoms with Crippen molar-refractivity contribution in [2.24, 2.45) is 5.73 Å². The molecule has 0 fully saturated rings. The summed E-state index contributed by atoms with van der Waals surface area (Å²) in [6.45, 7) is 13.1. The number of carbonyl (C=O) groups is 4. The smallest absolute Gasteiger partial charge is 0.408 e. The SMILES string of the molecule is CCCCCCCCN(C(=O)C(CC(N)=O)NC(=O)OC(C)(C)C)C(C(=O)Nc1c(C)cccc1Cl)c1cc(C)cc(C)c1. The summed E-state index contributed by atoms with van der Waals surface area (Å²) in [6, 6.07) is 8.58. The van der Waals surface area contributed by atoms with Gasteiger partial charge in [0.2, 0.25) is 11.8 Å². The molecule has 0 spiro atoms. The fourth-order valence-corrected chi connectivity index (χ4v) is 5.37. The number of alkyl carbamates (subject to hydrolysis) is 1. The number of benzene rings is 2. The Morgan fingerprint density at radius 3 is 2.14 bits per heavy atom. The number of para-hydroxylation sites is 1. The third-order valence-corrected chi connectivity index (χ3v) is 7.33. The quantitative estimate of drug-likeness (QED) is 0.185. The predicted molar refractivity (Wildman–Crippen MR) is 176 cm³/mol. The Morgan fingerprint density at radius 1 is 0.955 bits per heavy atom. The average molecular weight is 629 g/mol. The Morgan fingerprint density at radius 2 is 1.57 bits per heavy atom. The van der Waals surface area contributed by atoms with Gasteiger partial charge in [0.25, 0.3) is 5.91 Å².